The van der Waals surface area contributed by atoms with E-state index in [9.17, 15) is 14.0 Å². The lowest BCUT2D eigenvalue weighted by Gasteiger charge is -2.26. The molecule has 1 aliphatic rings. The van der Waals surface area contributed by atoms with Crippen molar-refractivity contribution >= 4 is 11.9 Å². The normalized spacial score (nSPS) is 16.9. The first-order chi connectivity index (χ1) is 10.4. The maximum Gasteiger partial charge on any atom is 0.308 e. The Morgan fingerprint density at radius 2 is 1.95 bits per heavy atom. The van der Waals surface area contributed by atoms with Crippen molar-refractivity contribution in [3.8, 4) is 0 Å². The van der Waals surface area contributed by atoms with E-state index in [0.29, 0.717) is 5.56 Å². The molecule has 22 heavy (non-hydrogen) atoms. The van der Waals surface area contributed by atoms with Gasteiger partial charge in [-0.1, -0.05) is 32.0 Å². The second-order valence-corrected chi connectivity index (χ2v) is 6.14. The summed E-state index contributed by atoms with van der Waals surface area (Å²) >= 11 is 0. The van der Waals surface area contributed by atoms with Crippen molar-refractivity contribution in [1.82, 2.24) is 4.90 Å². The number of rotatable bonds is 7. The zero-order chi connectivity index (χ0) is 16.3. The Kier molecular flexibility index (Phi) is 5.16. The standard InChI is InChI=1S/C17H22FNO3/c1-11(14-5-3-4-6-15(14)18)9-16(20)19(13-7-8-13)10-12(2)17(21)22/h3-6,11-13H,7-10H2,1-2H3,(H,21,22). The maximum absolute atomic E-state index is 13.8. The molecule has 0 spiro atoms. The van der Waals surface area contributed by atoms with Crippen LogP contribution in [0.25, 0.3) is 0 Å². The lowest BCUT2D eigenvalue weighted by molar-refractivity contribution is -0.143. The second kappa shape index (κ2) is 6.90. The van der Waals surface area contributed by atoms with Gasteiger partial charge in [0.05, 0.1) is 5.92 Å². The minimum Gasteiger partial charge on any atom is -0.481 e. The first kappa shape index (κ1) is 16.5. The van der Waals surface area contributed by atoms with Crippen LogP contribution in [0.4, 0.5) is 4.39 Å². The highest BCUT2D eigenvalue weighted by molar-refractivity contribution is 5.79. The van der Waals surface area contributed by atoms with Gasteiger partial charge in [0.1, 0.15) is 5.82 Å². The van der Waals surface area contributed by atoms with E-state index in [1.54, 1.807) is 30.0 Å². The molecule has 0 saturated heterocycles. The van der Waals surface area contributed by atoms with Crippen LogP contribution in [0.5, 0.6) is 0 Å². The summed E-state index contributed by atoms with van der Waals surface area (Å²) in [5.41, 5.74) is 0.526. The molecule has 0 heterocycles. The zero-order valence-corrected chi connectivity index (χ0v) is 13.0. The van der Waals surface area contributed by atoms with E-state index >= 15 is 0 Å². The summed E-state index contributed by atoms with van der Waals surface area (Å²) in [6.07, 6.45) is 2.04. The Balaban J connectivity index is 2.02. The smallest absolute Gasteiger partial charge is 0.308 e. The Labute approximate surface area is 129 Å². The average molecular weight is 307 g/mol. The lowest BCUT2D eigenvalue weighted by Crippen LogP contribution is -2.39. The molecule has 5 heteroatoms. The van der Waals surface area contributed by atoms with Crippen LogP contribution in [0.15, 0.2) is 24.3 Å². The van der Waals surface area contributed by atoms with E-state index < -0.39 is 11.9 Å². The van der Waals surface area contributed by atoms with Crippen LogP contribution < -0.4 is 0 Å². The number of hydrogen-bond acceptors (Lipinski definition) is 2. The molecule has 1 saturated carbocycles. The highest BCUT2D eigenvalue weighted by Crippen LogP contribution is 2.30. The van der Waals surface area contributed by atoms with E-state index in [1.165, 1.54) is 6.07 Å². The molecule has 120 valence electrons. The molecule has 0 aromatic heterocycles. The van der Waals surface area contributed by atoms with Gasteiger partial charge in [-0.15, -0.1) is 0 Å². The number of aliphatic carboxylic acids is 1. The van der Waals surface area contributed by atoms with Crippen molar-refractivity contribution in [3.05, 3.63) is 35.6 Å². The first-order valence-corrected chi connectivity index (χ1v) is 7.66. The Hall–Kier alpha value is -1.91. The van der Waals surface area contributed by atoms with Gasteiger partial charge in [0.2, 0.25) is 5.91 Å². The summed E-state index contributed by atoms with van der Waals surface area (Å²) in [4.78, 5) is 25.2. The third kappa shape index (κ3) is 4.06. The van der Waals surface area contributed by atoms with Gasteiger partial charge in [0, 0.05) is 19.0 Å². The largest absolute Gasteiger partial charge is 0.481 e. The molecule has 2 rings (SSSR count). The number of carbonyl (C=O) groups excluding carboxylic acids is 1. The Bertz CT molecular complexity index is 557. The molecule has 4 nitrogen and oxygen atoms in total. The fourth-order valence-corrected chi connectivity index (χ4v) is 2.58. The molecule has 1 amide bonds. The highest BCUT2D eigenvalue weighted by Gasteiger charge is 2.34. The van der Waals surface area contributed by atoms with Crippen LogP contribution in [0.1, 0.15) is 44.6 Å². The van der Waals surface area contributed by atoms with Crippen LogP contribution in [-0.4, -0.2) is 34.5 Å². The van der Waals surface area contributed by atoms with E-state index in [1.807, 2.05) is 6.92 Å². The predicted octanol–water partition coefficient (Wildman–Crippen LogP) is 3.03. The van der Waals surface area contributed by atoms with Gasteiger partial charge < -0.3 is 10.0 Å². The molecule has 0 bridgehead atoms. The number of amides is 1. The minimum atomic E-state index is -0.902. The number of carboxylic acid groups (broad SMARTS) is 1. The number of benzene rings is 1. The molecular formula is C17H22FNO3. The molecule has 0 radical (unpaired) electrons. The molecule has 1 aromatic carbocycles. The van der Waals surface area contributed by atoms with Gasteiger partial charge in [-0.25, -0.2) is 4.39 Å². The molecule has 2 unspecified atom stereocenters. The number of carboxylic acids is 1. The summed E-state index contributed by atoms with van der Waals surface area (Å²) in [5.74, 6) is -2.12. The number of halogens is 1. The summed E-state index contributed by atoms with van der Waals surface area (Å²) in [5, 5.41) is 9.02. The second-order valence-electron chi connectivity index (χ2n) is 6.14. The average Bonchev–Trinajstić information content (AvgIpc) is 3.28. The third-order valence-electron chi connectivity index (χ3n) is 4.12. The van der Waals surface area contributed by atoms with Gasteiger partial charge in [0.25, 0.3) is 0 Å². The Morgan fingerprint density at radius 3 is 2.50 bits per heavy atom. The number of hydrogen-bond donors (Lipinski definition) is 1. The minimum absolute atomic E-state index is 0.0913. The van der Waals surface area contributed by atoms with Crippen molar-refractivity contribution < 1.29 is 19.1 Å². The summed E-state index contributed by atoms with van der Waals surface area (Å²) in [6.45, 7) is 3.65. The van der Waals surface area contributed by atoms with Crippen molar-refractivity contribution in [2.75, 3.05) is 6.54 Å². The number of nitrogens with zero attached hydrogens (tertiary/aromatic N) is 1. The van der Waals surface area contributed by atoms with Crippen LogP contribution in [0, 0.1) is 11.7 Å². The maximum atomic E-state index is 13.8. The van der Waals surface area contributed by atoms with Gasteiger partial charge in [-0.2, -0.15) is 0 Å². The monoisotopic (exact) mass is 307 g/mol. The molecule has 1 fully saturated rings. The lowest BCUT2D eigenvalue weighted by atomic mass is 9.96. The fraction of sp³-hybridized carbons (Fsp3) is 0.529. The van der Waals surface area contributed by atoms with Crippen LogP contribution in [0.2, 0.25) is 0 Å². The van der Waals surface area contributed by atoms with Gasteiger partial charge in [-0.3, -0.25) is 9.59 Å². The Morgan fingerprint density at radius 1 is 1.32 bits per heavy atom. The van der Waals surface area contributed by atoms with E-state index in [0.717, 1.165) is 12.8 Å². The SMILES string of the molecule is CC(CN(C(=O)CC(C)c1ccccc1F)C1CC1)C(=O)O. The van der Waals surface area contributed by atoms with Gasteiger partial charge >= 0.3 is 5.97 Å². The topological polar surface area (TPSA) is 57.6 Å². The first-order valence-electron chi connectivity index (χ1n) is 7.66. The highest BCUT2D eigenvalue weighted by atomic mass is 19.1. The summed E-state index contributed by atoms with van der Waals surface area (Å²) < 4.78 is 13.8. The van der Waals surface area contributed by atoms with Gasteiger partial charge in [-0.05, 0) is 30.4 Å². The van der Waals surface area contributed by atoms with Crippen molar-refractivity contribution in [2.45, 2.75) is 45.1 Å². The molecule has 0 aliphatic heterocycles. The third-order valence-corrected chi connectivity index (χ3v) is 4.12. The summed E-state index contributed by atoms with van der Waals surface area (Å²) in [7, 11) is 0. The van der Waals surface area contributed by atoms with E-state index in [-0.39, 0.29) is 36.6 Å². The van der Waals surface area contributed by atoms with Crippen LogP contribution in [-0.2, 0) is 9.59 Å². The predicted molar refractivity (Wildman–Crippen MR) is 81.0 cm³/mol. The van der Waals surface area contributed by atoms with Crippen LogP contribution >= 0.6 is 0 Å². The molecule has 1 N–H and O–H groups in total. The quantitative estimate of drug-likeness (QED) is 0.842. The molecule has 2 atom stereocenters. The summed E-state index contributed by atoms with van der Waals surface area (Å²) in [6, 6.07) is 6.61. The van der Waals surface area contributed by atoms with Crippen molar-refractivity contribution in [2.24, 2.45) is 5.92 Å². The van der Waals surface area contributed by atoms with Crippen molar-refractivity contribution in [1.29, 1.82) is 0 Å². The van der Waals surface area contributed by atoms with Gasteiger partial charge in [0.15, 0.2) is 0 Å². The molecule has 1 aliphatic carbocycles. The number of carbonyl (C=O) groups is 2. The van der Waals surface area contributed by atoms with E-state index in [4.69, 9.17) is 5.11 Å². The molecular weight excluding hydrogens is 285 g/mol. The molecule has 1 aromatic rings. The zero-order valence-electron chi connectivity index (χ0n) is 13.0. The van der Waals surface area contributed by atoms with Crippen molar-refractivity contribution in [3.63, 3.8) is 0 Å². The van der Waals surface area contributed by atoms with E-state index in [2.05, 4.69) is 0 Å². The fourth-order valence-electron chi connectivity index (χ4n) is 2.58. The van der Waals surface area contributed by atoms with Crippen LogP contribution in [0.3, 0.4) is 0 Å².